The maximum Gasteiger partial charge on any atom is 0.224 e. The van der Waals surface area contributed by atoms with Gasteiger partial charge in [-0.25, -0.2) is 0 Å². The van der Waals surface area contributed by atoms with Gasteiger partial charge < -0.3 is 10.2 Å². The number of amides is 1. The quantitative estimate of drug-likeness (QED) is 0.743. The van der Waals surface area contributed by atoms with E-state index in [9.17, 15) is 4.79 Å². The van der Waals surface area contributed by atoms with Crippen LogP contribution in [0, 0.1) is 5.92 Å². The van der Waals surface area contributed by atoms with Crippen LogP contribution in [0.25, 0.3) is 0 Å². The van der Waals surface area contributed by atoms with Crippen LogP contribution >= 0.6 is 15.9 Å². The van der Waals surface area contributed by atoms with Crippen molar-refractivity contribution in [3.63, 3.8) is 0 Å². The summed E-state index contributed by atoms with van der Waals surface area (Å²) in [6, 6.07) is 17.0. The van der Waals surface area contributed by atoms with E-state index >= 15 is 0 Å². The van der Waals surface area contributed by atoms with Gasteiger partial charge in [-0.05, 0) is 48.2 Å². The topological polar surface area (TPSA) is 35.6 Å². The Morgan fingerprint density at radius 1 is 1.07 bits per heavy atom. The van der Waals surface area contributed by atoms with Crippen molar-refractivity contribution in [3.05, 3.63) is 69.7 Å². The van der Waals surface area contributed by atoms with E-state index in [1.807, 2.05) is 0 Å². The molecule has 1 amide bonds. The lowest BCUT2D eigenvalue weighted by Crippen LogP contribution is -2.43. The van der Waals surface area contributed by atoms with E-state index < -0.39 is 0 Å². The highest BCUT2D eigenvalue weighted by atomic mass is 79.9. The van der Waals surface area contributed by atoms with Crippen LogP contribution in [0.15, 0.2) is 53.0 Å². The molecule has 1 N–H and O–H groups in total. The Labute approximate surface area is 176 Å². The van der Waals surface area contributed by atoms with E-state index in [-0.39, 0.29) is 11.8 Å². The Bertz CT molecular complexity index is 815. The van der Waals surface area contributed by atoms with Crippen LogP contribution in [0.3, 0.4) is 0 Å². The summed E-state index contributed by atoms with van der Waals surface area (Å²) in [6.07, 6.45) is 0.955. The normalized spacial score (nSPS) is 22.8. The molecule has 1 saturated carbocycles. The van der Waals surface area contributed by atoms with E-state index in [0.29, 0.717) is 12.5 Å². The molecule has 1 heterocycles. The van der Waals surface area contributed by atoms with Crippen LogP contribution in [-0.2, 0) is 17.9 Å². The average molecular weight is 442 g/mol. The Kier molecular flexibility index (Phi) is 6.14. The number of hydrogen-bond acceptors (Lipinski definition) is 3. The van der Waals surface area contributed by atoms with Gasteiger partial charge in [-0.1, -0.05) is 52.3 Å². The van der Waals surface area contributed by atoms with Gasteiger partial charge in [0.25, 0.3) is 0 Å². The maximum atomic E-state index is 12.5. The molecule has 2 aliphatic rings. The second kappa shape index (κ2) is 8.76. The maximum absolute atomic E-state index is 12.5. The smallest absolute Gasteiger partial charge is 0.224 e. The monoisotopic (exact) mass is 441 g/mol. The Morgan fingerprint density at radius 2 is 1.79 bits per heavy atom. The van der Waals surface area contributed by atoms with Crippen LogP contribution in [-0.4, -0.2) is 48.9 Å². The molecule has 0 radical (unpaired) electrons. The number of likely N-dealkylation sites (N-methyl/N-ethyl adjacent to an activating group) is 1. The zero-order valence-electron chi connectivity index (χ0n) is 16.4. The van der Waals surface area contributed by atoms with Gasteiger partial charge in [0.05, 0.1) is 0 Å². The van der Waals surface area contributed by atoms with E-state index in [1.54, 1.807) is 0 Å². The third kappa shape index (κ3) is 5.02. The number of carbonyl (C=O) groups excluding carboxylic acids is 1. The standard InChI is InChI=1S/C23H28BrN3O/c1-26-9-11-27(12-10-26)16-18-4-2-3-17(13-18)15-25-23(28)22-14-21(22)19-5-7-20(24)8-6-19/h2-8,13,21-22H,9-12,14-16H2,1H3,(H,25,28). The van der Waals surface area contributed by atoms with Gasteiger partial charge >= 0.3 is 0 Å². The number of carbonyl (C=O) groups is 1. The summed E-state index contributed by atoms with van der Waals surface area (Å²) in [5.74, 6) is 0.670. The minimum atomic E-state index is 0.120. The first kappa shape index (κ1) is 19.6. The van der Waals surface area contributed by atoms with Crippen LogP contribution < -0.4 is 5.32 Å². The molecule has 1 aliphatic carbocycles. The number of nitrogens with one attached hydrogen (secondary N) is 1. The number of benzene rings is 2. The number of hydrogen-bond donors (Lipinski definition) is 1. The molecule has 1 saturated heterocycles. The number of nitrogens with zero attached hydrogens (tertiary/aromatic N) is 2. The predicted molar refractivity (Wildman–Crippen MR) is 116 cm³/mol. The molecule has 5 heteroatoms. The fraction of sp³-hybridized carbons (Fsp3) is 0.435. The van der Waals surface area contributed by atoms with E-state index in [1.165, 1.54) is 16.7 Å². The highest BCUT2D eigenvalue weighted by Gasteiger charge is 2.43. The molecule has 4 nitrogen and oxygen atoms in total. The van der Waals surface area contributed by atoms with Crippen LogP contribution in [0.2, 0.25) is 0 Å². The summed E-state index contributed by atoms with van der Waals surface area (Å²) in [5, 5.41) is 3.14. The summed E-state index contributed by atoms with van der Waals surface area (Å²) in [4.78, 5) is 17.4. The average Bonchev–Trinajstić information content (AvgIpc) is 3.50. The third-order valence-corrected chi connectivity index (χ3v) is 6.41. The lowest BCUT2D eigenvalue weighted by Gasteiger charge is -2.32. The second-order valence-electron chi connectivity index (χ2n) is 8.12. The van der Waals surface area contributed by atoms with Gasteiger partial charge in [0.2, 0.25) is 5.91 Å². The highest BCUT2D eigenvalue weighted by Crippen LogP contribution is 2.47. The highest BCUT2D eigenvalue weighted by molar-refractivity contribution is 9.10. The summed E-state index contributed by atoms with van der Waals surface area (Å²) in [7, 11) is 2.18. The SMILES string of the molecule is CN1CCN(Cc2cccc(CNC(=O)C3CC3c3ccc(Br)cc3)c2)CC1. The first-order valence-electron chi connectivity index (χ1n) is 10.1. The fourth-order valence-corrected chi connectivity index (χ4v) is 4.25. The number of rotatable bonds is 6. The van der Waals surface area contributed by atoms with Crippen molar-refractivity contribution in [3.8, 4) is 0 Å². The van der Waals surface area contributed by atoms with Crippen molar-refractivity contribution in [2.45, 2.75) is 25.4 Å². The zero-order chi connectivity index (χ0) is 19.5. The molecule has 2 unspecified atom stereocenters. The molecule has 148 valence electrons. The summed E-state index contributed by atoms with van der Waals surface area (Å²) in [6.45, 7) is 6.11. The molecule has 2 fully saturated rings. The summed E-state index contributed by atoms with van der Waals surface area (Å²) < 4.78 is 1.08. The predicted octanol–water partition coefficient (Wildman–Crippen LogP) is 3.62. The van der Waals surface area contributed by atoms with Gasteiger partial charge in [-0.3, -0.25) is 9.69 Å². The van der Waals surface area contributed by atoms with Crippen molar-refractivity contribution in [2.75, 3.05) is 33.2 Å². The molecule has 0 spiro atoms. The number of piperazine rings is 1. The minimum absolute atomic E-state index is 0.120. The van der Waals surface area contributed by atoms with Crippen molar-refractivity contribution in [1.82, 2.24) is 15.1 Å². The molecule has 4 rings (SSSR count). The third-order valence-electron chi connectivity index (χ3n) is 5.89. The van der Waals surface area contributed by atoms with Gasteiger partial charge in [-0.15, -0.1) is 0 Å². The van der Waals surface area contributed by atoms with E-state index in [0.717, 1.165) is 43.6 Å². The van der Waals surface area contributed by atoms with Crippen molar-refractivity contribution >= 4 is 21.8 Å². The fourth-order valence-electron chi connectivity index (χ4n) is 3.99. The summed E-state index contributed by atoms with van der Waals surface area (Å²) >= 11 is 3.46. The molecular weight excluding hydrogens is 414 g/mol. The van der Waals surface area contributed by atoms with Crippen LogP contribution in [0.5, 0.6) is 0 Å². The van der Waals surface area contributed by atoms with E-state index in [2.05, 4.69) is 86.6 Å². The second-order valence-corrected chi connectivity index (χ2v) is 9.03. The Balaban J connectivity index is 1.27. The molecule has 2 aromatic carbocycles. The van der Waals surface area contributed by atoms with Crippen LogP contribution in [0.1, 0.15) is 29.0 Å². The zero-order valence-corrected chi connectivity index (χ0v) is 18.0. The first-order chi connectivity index (χ1) is 13.6. The first-order valence-corrected chi connectivity index (χ1v) is 10.9. The van der Waals surface area contributed by atoms with Crippen molar-refractivity contribution in [2.24, 2.45) is 5.92 Å². The van der Waals surface area contributed by atoms with Gasteiger partial charge in [0, 0.05) is 49.7 Å². The Hall–Kier alpha value is -1.69. The van der Waals surface area contributed by atoms with Crippen molar-refractivity contribution < 1.29 is 4.79 Å². The lowest BCUT2D eigenvalue weighted by molar-refractivity contribution is -0.122. The minimum Gasteiger partial charge on any atom is -0.352 e. The molecule has 2 atom stereocenters. The van der Waals surface area contributed by atoms with Gasteiger partial charge in [0.1, 0.15) is 0 Å². The van der Waals surface area contributed by atoms with Gasteiger partial charge in [-0.2, -0.15) is 0 Å². The van der Waals surface area contributed by atoms with Crippen molar-refractivity contribution in [1.29, 1.82) is 0 Å². The molecule has 28 heavy (non-hydrogen) atoms. The lowest BCUT2D eigenvalue weighted by atomic mass is 10.1. The van der Waals surface area contributed by atoms with Crippen LogP contribution in [0.4, 0.5) is 0 Å². The summed E-state index contributed by atoms with van der Waals surface area (Å²) in [5.41, 5.74) is 3.77. The van der Waals surface area contributed by atoms with Gasteiger partial charge in [0.15, 0.2) is 0 Å². The van der Waals surface area contributed by atoms with E-state index in [4.69, 9.17) is 0 Å². The Morgan fingerprint density at radius 3 is 2.54 bits per heavy atom. The largest absolute Gasteiger partial charge is 0.352 e. The molecule has 0 aromatic heterocycles. The molecule has 0 bridgehead atoms. The number of halogens is 1. The molecular formula is C23H28BrN3O. The molecule has 1 aliphatic heterocycles. The molecule has 2 aromatic rings.